The quantitative estimate of drug-likeness (QED) is 0.905. The number of halogens is 1. The van der Waals surface area contributed by atoms with Crippen LogP contribution in [0.2, 0.25) is 0 Å². The van der Waals surface area contributed by atoms with Gasteiger partial charge in [-0.1, -0.05) is 19.1 Å². The first-order valence-corrected chi connectivity index (χ1v) is 6.07. The second-order valence-electron chi connectivity index (χ2n) is 4.54. The van der Waals surface area contributed by atoms with Gasteiger partial charge in [0, 0.05) is 18.8 Å². The fourth-order valence-electron chi connectivity index (χ4n) is 2.13. The van der Waals surface area contributed by atoms with Crippen molar-refractivity contribution in [3.8, 4) is 0 Å². The van der Waals surface area contributed by atoms with E-state index in [2.05, 4.69) is 12.0 Å². The van der Waals surface area contributed by atoms with Crippen LogP contribution in [0.5, 0.6) is 0 Å². The number of aromatic nitrogens is 2. The molecule has 1 unspecified atom stereocenters. The van der Waals surface area contributed by atoms with Crippen molar-refractivity contribution in [2.24, 2.45) is 12.8 Å². The summed E-state index contributed by atoms with van der Waals surface area (Å²) in [5.74, 6) is -0.201. The fourth-order valence-corrected chi connectivity index (χ4v) is 2.13. The van der Waals surface area contributed by atoms with Crippen molar-refractivity contribution in [2.45, 2.75) is 26.3 Å². The average Bonchev–Trinajstić information content (AvgIpc) is 2.73. The Morgan fingerprint density at radius 2 is 2.17 bits per heavy atom. The van der Waals surface area contributed by atoms with Crippen LogP contribution in [-0.4, -0.2) is 9.78 Å². The minimum atomic E-state index is -0.257. The summed E-state index contributed by atoms with van der Waals surface area (Å²) in [4.78, 5) is 0. The molecule has 1 heterocycles. The van der Waals surface area contributed by atoms with Gasteiger partial charge >= 0.3 is 0 Å². The average molecular weight is 247 g/mol. The Morgan fingerprint density at radius 1 is 1.44 bits per heavy atom. The third kappa shape index (κ3) is 2.29. The van der Waals surface area contributed by atoms with Gasteiger partial charge in [-0.3, -0.25) is 4.68 Å². The van der Waals surface area contributed by atoms with Crippen molar-refractivity contribution in [2.75, 3.05) is 0 Å². The van der Waals surface area contributed by atoms with E-state index in [0.29, 0.717) is 5.56 Å². The van der Waals surface area contributed by atoms with Gasteiger partial charge in [-0.05, 0) is 30.5 Å². The van der Waals surface area contributed by atoms with Crippen molar-refractivity contribution in [3.63, 3.8) is 0 Å². The van der Waals surface area contributed by atoms with E-state index in [0.717, 1.165) is 23.2 Å². The minimum absolute atomic E-state index is 0.201. The van der Waals surface area contributed by atoms with Gasteiger partial charge in [0.15, 0.2) is 0 Å². The topological polar surface area (TPSA) is 43.8 Å². The Morgan fingerprint density at radius 3 is 2.78 bits per heavy atom. The van der Waals surface area contributed by atoms with E-state index in [1.807, 2.05) is 13.2 Å². The summed E-state index contributed by atoms with van der Waals surface area (Å²) in [7, 11) is 1.88. The number of nitrogens with zero attached hydrogens (tertiary/aromatic N) is 2. The molecule has 2 N–H and O–H groups in total. The first-order chi connectivity index (χ1) is 8.52. The van der Waals surface area contributed by atoms with Gasteiger partial charge in [0.25, 0.3) is 0 Å². The minimum Gasteiger partial charge on any atom is -0.320 e. The largest absolute Gasteiger partial charge is 0.320 e. The lowest BCUT2D eigenvalue weighted by Crippen LogP contribution is -2.13. The van der Waals surface area contributed by atoms with Crippen molar-refractivity contribution in [1.29, 1.82) is 0 Å². The molecule has 0 spiro atoms. The van der Waals surface area contributed by atoms with Crippen LogP contribution in [0.3, 0.4) is 0 Å². The highest BCUT2D eigenvalue weighted by atomic mass is 19.1. The van der Waals surface area contributed by atoms with Crippen LogP contribution in [0.1, 0.15) is 35.3 Å². The summed E-state index contributed by atoms with van der Waals surface area (Å²) in [6, 6.07) is 4.74. The van der Waals surface area contributed by atoms with Crippen LogP contribution in [0.15, 0.2) is 24.4 Å². The van der Waals surface area contributed by atoms with E-state index in [1.165, 1.54) is 6.07 Å². The van der Waals surface area contributed by atoms with Crippen molar-refractivity contribution in [1.82, 2.24) is 9.78 Å². The van der Waals surface area contributed by atoms with Gasteiger partial charge in [-0.2, -0.15) is 5.10 Å². The number of aryl methyl sites for hydroxylation is 3. The summed E-state index contributed by atoms with van der Waals surface area (Å²) in [5.41, 5.74) is 9.78. The molecule has 2 rings (SSSR count). The van der Waals surface area contributed by atoms with E-state index >= 15 is 0 Å². The summed E-state index contributed by atoms with van der Waals surface area (Å²) in [5, 5.41) is 4.38. The highest BCUT2D eigenvalue weighted by Gasteiger charge is 2.16. The van der Waals surface area contributed by atoms with Crippen molar-refractivity contribution >= 4 is 0 Å². The second kappa shape index (κ2) is 4.90. The second-order valence-corrected chi connectivity index (χ2v) is 4.54. The molecule has 3 nitrogen and oxygen atoms in total. The maximum Gasteiger partial charge on any atom is 0.126 e. The maximum absolute atomic E-state index is 13.3. The number of nitrogens with two attached hydrogens (primary N) is 1. The number of rotatable bonds is 3. The fraction of sp³-hybridized carbons (Fsp3) is 0.357. The first-order valence-electron chi connectivity index (χ1n) is 6.07. The Balaban J connectivity index is 2.40. The molecule has 1 aromatic heterocycles. The van der Waals surface area contributed by atoms with E-state index in [9.17, 15) is 4.39 Å². The Labute approximate surface area is 106 Å². The maximum atomic E-state index is 13.3. The SMILES string of the molecule is CCc1nn(C)cc1C(N)c1ccc(F)c(C)c1. The zero-order chi connectivity index (χ0) is 13.3. The van der Waals surface area contributed by atoms with Crippen LogP contribution in [0.25, 0.3) is 0 Å². The molecular formula is C14H18FN3. The van der Waals surface area contributed by atoms with Gasteiger partial charge in [-0.15, -0.1) is 0 Å². The molecule has 1 aromatic carbocycles. The third-order valence-electron chi connectivity index (χ3n) is 3.15. The van der Waals surface area contributed by atoms with Gasteiger partial charge in [0.2, 0.25) is 0 Å². The molecule has 0 fully saturated rings. The normalized spacial score (nSPS) is 12.7. The number of hydrogen-bond donors (Lipinski definition) is 1. The van der Waals surface area contributed by atoms with Gasteiger partial charge in [-0.25, -0.2) is 4.39 Å². The Bertz CT molecular complexity index is 560. The van der Waals surface area contributed by atoms with Gasteiger partial charge in [0.1, 0.15) is 5.82 Å². The lowest BCUT2D eigenvalue weighted by atomic mass is 9.98. The molecule has 0 saturated heterocycles. The van der Waals surface area contributed by atoms with Gasteiger partial charge in [0.05, 0.1) is 11.7 Å². The smallest absolute Gasteiger partial charge is 0.126 e. The van der Waals surface area contributed by atoms with E-state index in [1.54, 1.807) is 23.7 Å². The number of benzene rings is 1. The predicted octanol–water partition coefficient (Wildman–Crippen LogP) is 2.48. The lowest BCUT2D eigenvalue weighted by molar-refractivity contribution is 0.617. The molecular weight excluding hydrogens is 229 g/mol. The third-order valence-corrected chi connectivity index (χ3v) is 3.15. The molecule has 0 bridgehead atoms. The molecule has 0 amide bonds. The Hall–Kier alpha value is -1.68. The molecule has 4 heteroatoms. The molecule has 18 heavy (non-hydrogen) atoms. The molecule has 96 valence electrons. The Kier molecular flexibility index (Phi) is 3.48. The molecule has 0 radical (unpaired) electrons. The lowest BCUT2D eigenvalue weighted by Gasteiger charge is -2.12. The summed E-state index contributed by atoms with van der Waals surface area (Å²) in [6.07, 6.45) is 2.77. The molecule has 2 aromatic rings. The van der Waals surface area contributed by atoms with E-state index < -0.39 is 0 Å². The first kappa shape index (κ1) is 12.8. The predicted molar refractivity (Wildman–Crippen MR) is 69.8 cm³/mol. The molecule has 0 aliphatic heterocycles. The van der Waals surface area contributed by atoms with Crippen LogP contribution in [0, 0.1) is 12.7 Å². The molecule has 1 atom stereocenters. The highest BCUT2D eigenvalue weighted by molar-refractivity contribution is 5.35. The zero-order valence-corrected chi connectivity index (χ0v) is 10.9. The molecule has 0 aliphatic rings. The van der Waals surface area contributed by atoms with Crippen molar-refractivity contribution in [3.05, 3.63) is 52.6 Å². The van der Waals surface area contributed by atoms with E-state index in [-0.39, 0.29) is 11.9 Å². The summed E-state index contributed by atoms with van der Waals surface area (Å²) in [6.45, 7) is 3.80. The highest BCUT2D eigenvalue weighted by Crippen LogP contribution is 2.24. The van der Waals surface area contributed by atoms with Crippen LogP contribution in [0.4, 0.5) is 4.39 Å². The van der Waals surface area contributed by atoms with Crippen LogP contribution >= 0.6 is 0 Å². The molecule has 0 saturated carbocycles. The summed E-state index contributed by atoms with van der Waals surface area (Å²) >= 11 is 0. The van der Waals surface area contributed by atoms with Crippen LogP contribution < -0.4 is 5.73 Å². The number of hydrogen-bond acceptors (Lipinski definition) is 2. The molecule has 0 aliphatic carbocycles. The van der Waals surface area contributed by atoms with E-state index in [4.69, 9.17) is 5.73 Å². The zero-order valence-electron chi connectivity index (χ0n) is 10.9. The van der Waals surface area contributed by atoms with Crippen LogP contribution in [-0.2, 0) is 13.5 Å². The standard InChI is InChI=1S/C14H18FN3/c1-4-13-11(8-18(3)17-13)14(16)10-5-6-12(15)9(2)7-10/h5-8,14H,4,16H2,1-3H3. The monoisotopic (exact) mass is 247 g/mol. The summed E-state index contributed by atoms with van der Waals surface area (Å²) < 4.78 is 15.0. The van der Waals surface area contributed by atoms with Crippen molar-refractivity contribution < 1.29 is 4.39 Å². The van der Waals surface area contributed by atoms with Gasteiger partial charge < -0.3 is 5.73 Å².